The highest BCUT2D eigenvalue weighted by atomic mass is 19.4. The summed E-state index contributed by atoms with van der Waals surface area (Å²) < 4.78 is 37.1. The fraction of sp³-hybridized carbons (Fsp3) is 0.769. The van der Waals surface area contributed by atoms with E-state index in [0.717, 1.165) is 19.3 Å². The number of nitrogens with one attached hydrogen (secondary N) is 1. The van der Waals surface area contributed by atoms with Crippen LogP contribution in [0.4, 0.5) is 13.2 Å². The molecule has 104 valence electrons. The third kappa shape index (κ3) is 2.87. The molecule has 0 bridgehead atoms. The van der Waals surface area contributed by atoms with Crippen LogP contribution in [0.25, 0.3) is 0 Å². The Morgan fingerprint density at radius 3 is 2.06 bits per heavy atom. The number of amides is 1. The van der Waals surface area contributed by atoms with Gasteiger partial charge in [0.15, 0.2) is 0 Å². The van der Waals surface area contributed by atoms with E-state index in [1.807, 2.05) is 20.8 Å². The van der Waals surface area contributed by atoms with Crippen molar-refractivity contribution in [1.29, 1.82) is 0 Å². The summed E-state index contributed by atoms with van der Waals surface area (Å²) in [4.78, 5) is 11.2. The average molecular weight is 263 g/mol. The molecule has 2 nitrogen and oxygen atoms in total. The predicted octanol–water partition coefficient (Wildman–Crippen LogP) is 3.44. The van der Waals surface area contributed by atoms with Crippen molar-refractivity contribution >= 4 is 5.91 Å². The Morgan fingerprint density at radius 2 is 1.83 bits per heavy atom. The molecule has 0 saturated heterocycles. The monoisotopic (exact) mass is 263 g/mol. The summed E-state index contributed by atoms with van der Waals surface area (Å²) in [5.41, 5.74) is -0.852. The molecular formula is C13H20F3NO. The second-order valence-electron chi connectivity index (χ2n) is 6.06. The summed E-state index contributed by atoms with van der Waals surface area (Å²) in [6, 6.07) is -0.551. The van der Waals surface area contributed by atoms with Crippen LogP contribution in [0.2, 0.25) is 0 Å². The maximum absolute atomic E-state index is 12.4. The van der Waals surface area contributed by atoms with Gasteiger partial charge < -0.3 is 5.32 Å². The van der Waals surface area contributed by atoms with Crippen LogP contribution >= 0.6 is 0 Å². The minimum atomic E-state index is -4.84. The van der Waals surface area contributed by atoms with E-state index < -0.39 is 29.0 Å². The molecule has 0 aromatic heterocycles. The first-order valence-electron chi connectivity index (χ1n) is 6.04. The molecule has 5 heteroatoms. The van der Waals surface area contributed by atoms with Crippen molar-refractivity contribution in [2.75, 3.05) is 0 Å². The van der Waals surface area contributed by atoms with Gasteiger partial charge in [-0.3, -0.25) is 4.79 Å². The Kier molecular flexibility index (Phi) is 3.84. The molecule has 1 N–H and O–H groups in total. The molecule has 0 heterocycles. The molecule has 18 heavy (non-hydrogen) atoms. The Hall–Kier alpha value is -1.00. The number of alkyl halides is 3. The first kappa shape index (κ1) is 15.1. The van der Waals surface area contributed by atoms with Gasteiger partial charge in [-0.05, 0) is 18.3 Å². The van der Waals surface area contributed by atoms with Crippen LogP contribution in [0, 0.1) is 10.8 Å². The number of hydrogen-bond acceptors (Lipinski definition) is 1. The fourth-order valence-electron chi connectivity index (χ4n) is 2.63. The summed E-state index contributed by atoms with van der Waals surface area (Å²) in [7, 11) is 0. The van der Waals surface area contributed by atoms with Crippen molar-refractivity contribution < 1.29 is 18.0 Å². The van der Waals surface area contributed by atoms with Crippen LogP contribution in [0.3, 0.4) is 0 Å². The van der Waals surface area contributed by atoms with E-state index in [0.29, 0.717) is 0 Å². The van der Waals surface area contributed by atoms with Gasteiger partial charge in [-0.15, -0.1) is 6.58 Å². The van der Waals surface area contributed by atoms with Crippen molar-refractivity contribution in [3.8, 4) is 0 Å². The molecule has 1 amide bonds. The van der Waals surface area contributed by atoms with Gasteiger partial charge in [0.05, 0.1) is 0 Å². The van der Waals surface area contributed by atoms with Crippen molar-refractivity contribution in [1.82, 2.24) is 5.32 Å². The molecule has 0 aliphatic heterocycles. The molecule has 1 atom stereocenters. The summed E-state index contributed by atoms with van der Waals surface area (Å²) >= 11 is 0. The van der Waals surface area contributed by atoms with E-state index in [9.17, 15) is 18.0 Å². The molecule has 0 spiro atoms. The van der Waals surface area contributed by atoms with Crippen LogP contribution in [-0.4, -0.2) is 18.1 Å². The van der Waals surface area contributed by atoms with Crippen molar-refractivity contribution in [2.45, 2.75) is 52.3 Å². The van der Waals surface area contributed by atoms with Gasteiger partial charge >= 0.3 is 12.1 Å². The predicted molar refractivity (Wildman–Crippen MR) is 63.9 cm³/mol. The summed E-state index contributed by atoms with van der Waals surface area (Å²) in [6.45, 7) is 9.22. The highest BCUT2D eigenvalue weighted by molar-refractivity contribution is 5.82. The Balaban J connectivity index is 2.94. The van der Waals surface area contributed by atoms with E-state index in [1.54, 1.807) is 6.08 Å². The highest BCUT2D eigenvalue weighted by Crippen LogP contribution is 2.50. The highest BCUT2D eigenvalue weighted by Gasteiger charge is 2.50. The van der Waals surface area contributed by atoms with Crippen LogP contribution in [0.1, 0.15) is 40.0 Å². The molecule has 1 aliphatic carbocycles. The normalized spacial score (nSPS) is 20.8. The molecule has 1 saturated carbocycles. The number of halogens is 3. The minimum Gasteiger partial charge on any atom is -0.344 e. The van der Waals surface area contributed by atoms with E-state index in [-0.39, 0.29) is 0 Å². The third-order valence-corrected chi connectivity index (χ3v) is 3.66. The van der Waals surface area contributed by atoms with Crippen molar-refractivity contribution in [3.05, 3.63) is 12.7 Å². The standard InChI is InChI=1S/C13H20F3NO/c1-5-12(7-6-8-12)9(11(2,3)4)17-10(18)13(14,15)16/h5,9H,1,6-8H2,2-4H3,(H,17,18). The molecule has 1 aliphatic rings. The molecule has 0 radical (unpaired) electrons. The smallest absolute Gasteiger partial charge is 0.344 e. The molecule has 0 aromatic rings. The molecular weight excluding hydrogens is 243 g/mol. The van der Waals surface area contributed by atoms with Crippen LogP contribution in [0.15, 0.2) is 12.7 Å². The first-order chi connectivity index (χ1) is 8.03. The third-order valence-electron chi connectivity index (χ3n) is 3.66. The van der Waals surface area contributed by atoms with E-state index >= 15 is 0 Å². The fourth-order valence-corrected chi connectivity index (χ4v) is 2.63. The summed E-state index contributed by atoms with van der Waals surface area (Å²) in [5.74, 6) is -1.87. The molecule has 1 unspecified atom stereocenters. The maximum atomic E-state index is 12.4. The van der Waals surface area contributed by atoms with Crippen molar-refractivity contribution in [2.24, 2.45) is 10.8 Å². The largest absolute Gasteiger partial charge is 0.471 e. The first-order valence-corrected chi connectivity index (χ1v) is 6.04. The zero-order chi connectivity index (χ0) is 14.2. The van der Waals surface area contributed by atoms with Gasteiger partial charge in [-0.25, -0.2) is 0 Å². The zero-order valence-electron chi connectivity index (χ0n) is 11.0. The van der Waals surface area contributed by atoms with Crippen LogP contribution in [-0.2, 0) is 4.79 Å². The van der Waals surface area contributed by atoms with Gasteiger partial charge in [0.1, 0.15) is 0 Å². The Labute approximate surface area is 106 Å². The lowest BCUT2D eigenvalue weighted by molar-refractivity contribution is -0.176. The lowest BCUT2D eigenvalue weighted by Gasteiger charge is -2.51. The maximum Gasteiger partial charge on any atom is 0.471 e. The number of carbonyl (C=O) groups excluding carboxylic acids is 1. The van der Waals surface area contributed by atoms with Crippen molar-refractivity contribution in [3.63, 3.8) is 0 Å². The molecule has 1 rings (SSSR count). The summed E-state index contributed by atoms with van der Waals surface area (Å²) in [6.07, 6.45) is -0.633. The number of hydrogen-bond donors (Lipinski definition) is 1. The number of rotatable bonds is 3. The quantitative estimate of drug-likeness (QED) is 0.776. The topological polar surface area (TPSA) is 29.1 Å². The van der Waals surface area contributed by atoms with Gasteiger partial charge in [0.25, 0.3) is 0 Å². The van der Waals surface area contributed by atoms with Crippen LogP contribution in [0.5, 0.6) is 0 Å². The second kappa shape index (κ2) is 4.59. The van der Waals surface area contributed by atoms with Gasteiger partial charge in [0.2, 0.25) is 0 Å². The Morgan fingerprint density at radius 1 is 1.33 bits per heavy atom. The lowest BCUT2D eigenvalue weighted by atomic mass is 9.58. The SMILES string of the molecule is C=CC1(C(NC(=O)C(F)(F)F)C(C)(C)C)CCC1. The van der Waals surface area contributed by atoms with Gasteiger partial charge in [-0.2, -0.15) is 13.2 Å². The van der Waals surface area contributed by atoms with Gasteiger partial charge in [-0.1, -0.05) is 33.3 Å². The average Bonchev–Trinajstić information content (AvgIpc) is 2.12. The van der Waals surface area contributed by atoms with Gasteiger partial charge in [0, 0.05) is 11.5 Å². The van der Waals surface area contributed by atoms with E-state index in [1.165, 1.54) is 0 Å². The van der Waals surface area contributed by atoms with E-state index in [2.05, 4.69) is 11.9 Å². The summed E-state index contributed by atoms with van der Waals surface area (Å²) in [5, 5.41) is 2.16. The van der Waals surface area contributed by atoms with E-state index in [4.69, 9.17) is 0 Å². The minimum absolute atomic E-state index is 0.404. The lowest BCUT2D eigenvalue weighted by Crippen LogP contribution is -2.58. The zero-order valence-corrected chi connectivity index (χ0v) is 11.0. The second-order valence-corrected chi connectivity index (χ2v) is 6.06. The molecule has 1 fully saturated rings. The Bertz CT molecular complexity index is 337. The molecule has 0 aromatic carbocycles. The number of carbonyl (C=O) groups is 1. The van der Waals surface area contributed by atoms with Crippen LogP contribution < -0.4 is 5.32 Å².